The first kappa shape index (κ1) is 24.6. The van der Waals surface area contributed by atoms with Gasteiger partial charge in [0.15, 0.2) is 0 Å². The predicted octanol–water partition coefficient (Wildman–Crippen LogP) is 1.19. The molecule has 3 N–H and O–H groups in total. The van der Waals surface area contributed by atoms with Crippen molar-refractivity contribution in [3.63, 3.8) is 0 Å². The Kier molecular flexibility index (Phi) is 8.02. The molecule has 0 radical (unpaired) electrons. The lowest BCUT2D eigenvalue weighted by atomic mass is 9.99. The van der Waals surface area contributed by atoms with E-state index in [4.69, 9.17) is 4.74 Å². The SMILES string of the molecule is CNC(=O)CCOC(=O)C(CNC(=O)C1=Nc2ccc(I)cc2S(=O)(=O)N1)c1ccccc1. The van der Waals surface area contributed by atoms with Gasteiger partial charge in [-0.25, -0.2) is 13.4 Å². The van der Waals surface area contributed by atoms with Gasteiger partial charge in [0, 0.05) is 17.2 Å². The molecule has 1 aliphatic rings. The summed E-state index contributed by atoms with van der Waals surface area (Å²) in [5.74, 6) is -2.96. The molecule has 33 heavy (non-hydrogen) atoms. The number of ether oxygens (including phenoxy) is 1. The maximum Gasteiger partial charge on any atom is 0.315 e. The Balaban J connectivity index is 1.74. The van der Waals surface area contributed by atoms with E-state index < -0.39 is 33.7 Å². The van der Waals surface area contributed by atoms with Gasteiger partial charge in [0.25, 0.3) is 15.9 Å². The average molecular weight is 584 g/mol. The Labute approximate surface area is 204 Å². The van der Waals surface area contributed by atoms with Crippen LogP contribution in [0.4, 0.5) is 5.69 Å². The number of amides is 2. The molecule has 2 amide bonds. The van der Waals surface area contributed by atoms with E-state index in [2.05, 4.69) is 20.3 Å². The third-order valence-corrected chi connectivity index (χ3v) is 6.73. The Morgan fingerprint density at radius 1 is 1.15 bits per heavy atom. The van der Waals surface area contributed by atoms with Gasteiger partial charge in [-0.05, 0) is 46.4 Å². The fourth-order valence-electron chi connectivity index (χ4n) is 2.99. The minimum Gasteiger partial charge on any atom is -0.465 e. The third kappa shape index (κ3) is 6.28. The molecule has 0 fully saturated rings. The first-order valence-corrected chi connectivity index (χ1v) is 12.4. The van der Waals surface area contributed by atoms with Crippen LogP contribution in [0.15, 0.2) is 58.4 Å². The average Bonchev–Trinajstić information content (AvgIpc) is 2.79. The molecule has 1 unspecified atom stereocenters. The number of amidine groups is 1. The first-order valence-electron chi connectivity index (χ1n) is 9.82. The lowest BCUT2D eigenvalue weighted by Gasteiger charge is -2.20. The molecule has 0 spiro atoms. The second-order valence-electron chi connectivity index (χ2n) is 6.94. The largest absolute Gasteiger partial charge is 0.465 e. The van der Waals surface area contributed by atoms with Crippen molar-refractivity contribution in [3.05, 3.63) is 57.7 Å². The molecule has 3 rings (SSSR count). The number of halogens is 1. The van der Waals surface area contributed by atoms with Gasteiger partial charge in [0.05, 0.1) is 18.0 Å². The number of fused-ring (bicyclic) bond motifs is 1. The maximum atomic E-state index is 12.7. The molecule has 1 atom stereocenters. The van der Waals surface area contributed by atoms with Crippen LogP contribution in [0.3, 0.4) is 0 Å². The molecule has 2 aromatic carbocycles. The topological polar surface area (TPSA) is 143 Å². The molecule has 1 aliphatic heterocycles. The molecule has 0 saturated heterocycles. The number of hydrogen-bond acceptors (Lipinski definition) is 7. The fourth-order valence-corrected chi connectivity index (χ4v) is 4.87. The summed E-state index contributed by atoms with van der Waals surface area (Å²) in [5, 5.41) is 4.98. The van der Waals surface area contributed by atoms with Gasteiger partial charge in [-0.15, -0.1) is 0 Å². The van der Waals surface area contributed by atoms with Crippen LogP contribution in [0.5, 0.6) is 0 Å². The quantitative estimate of drug-likeness (QED) is 0.315. The van der Waals surface area contributed by atoms with Crippen LogP contribution in [0, 0.1) is 3.57 Å². The summed E-state index contributed by atoms with van der Waals surface area (Å²) in [6, 6.07) is 13.3. The summed E-state index contributed by atoms with van der Waals surface area (Å²) >= 11 is 1.98. The molecule has 1 heterocycles. The van der Waals surface area contributed by atoms with Crippen LogP contribution in [0.2, 0.25) is 0 Å². The van der Waals surface area contributed by atoms with Gasteiger partial charge in [-0.2, -0.15) is 0 Å². The number of rotatable bonds is 8. The molecule has 10 nitrogen and oxygen atoms in total. The van der Waals surface area contributed by atoms with Gasteiger partial charge in [-0.1, -0.05) is 30.3 Å². The molecular weight excluding hydrogens is 563 g/mol. The lowest BCUT2D eigenvalue weighted by molar-refractivity contribution is -0.146. The molecule has 0 aromatic heterocycles. The van der Waals surface area contributed by atoms with Crippen molar-refractivity contribution < 1.29 is 27.5 Å². The number of carbonyl (C=O) groups is 3. The molecule has 2 aromatic rings. The second kappa shape index (κ2) is 10.7. The Bertz CT molecular complexity index is 1200. The van der Waals surface area contributed by atoms with Crippen LogP contribution in [0.25, 0.3) is 0 Å². The van der Waals surface area contributed by atoms with Gasteiger partial charge in [0.1, 0.15) is 11.5 Å². The Hall–Kier alpha value is -3.00. The van der Waals surface area contributed by atoms with Gasteiger partial charge in [0.2, 0.25) is 11.7 Å². The maximum absolute atomic E-state index is 12.7. The first-order chi connectivity index (χ1) is 15.7. The zero-order valence-electron chi connectivity index (χ0n) is 17.5. The van der Waals surface area contributed by atoms with Crippen molar-refractivity contribution in [1.82, 2.24) is 15.4 Å². The van der Waals surface area contributed by atoms with Crippen LogP contribution < -0.4 is 15.4 Å². The summed E-state index contributed by atoms with van der Waals surface area (Å²) in [6.07, 6.45) is 0.00698. The summed E-state index contributed by atoms with van der Waals surface area (Å²) in [4.78, 5) is 40.8. The molecular formula is C21H21IN4O6S. The van der Waals surface area contributed by atoms with Gasteiger partial charge in [-0.3, -0.25) is 19.1 Å². The molecule has 12 heteroatoms. The van der Waals surface area contributed by atoms with E-state index in [1.165, 1.54) is 19.2 Å². The summed E-state index contributed by atoms with van der Waals surface area (Å²) in [5.41, 5.74) is 0.737. The summed E-state index contributed by atoms with van der Waals surface area (Å²) in [6.45, 7) is -0.278. The van der Waals surface area contributed by atoms with E-state index in [9.17, 15) is 22.8 Å². The van der Waals surface area contributed by atoms with Crippen molar-refractivity contribution in [2.24, 2.45) is 4.99 Å². The summed E-state index contributed by atoms with van der Waals surface area (Å²) in [7, 11) is -2.48. The zero-order valence-corrected chi connectivity index (χ0v) is 20.5. The standard InChI is InChI=1S/C21H21IN4O6S/c1-23-18(27)9-10-32-21(29)15(13-5-3-2-4-6-13)12-24-20(28)19-25-16-8-7-14(22)11-17(16)33(30,31)26-19/h2-8,11,15H,9-10,12H2,1H3,(H,23,27)(H,24,28)(H,25,26). The van der Waals surface area contributed by atoms with E-state index in [1.807, 2.05) is 22.6 Å². The monoisotopic (exact) mass is 584 g/mol. The zero-order chi connectivity index (χ0) is 24.0. The Morgan fingerprint density at radius 3 is 2.58 bits per heavy atom. The van der Waals surface area contributed by atoms with Crippen LogP contribution in [-0.2, 0) is 29.1 Å². The number of aliphatic imine (C=N–C) groups is 1. The minimum absolute atomic E-state index is 0.00698. The van der Waals surface area contributed by atoms with E-state index in [0.717, 1.165) is 0 Å². The highest BCUT2D eigenvalue weighted by Crippen LogP contribution is 2.29. The second-order valence-corrected chi connectivity index (χ2v) is 9.84. The normalized spacial score (nSPS) is 14.7. The number of hydrogen-bond donors (Lipinski definition) is 3. The summed E-state index contributed by atoms with van der Waals surface area (Å²) < 4.78 is 33.1. The Morgan fingerprint density at radius 2 is 1.88 bits per heavy atom. The highest BCUT2D eigenvalue weighted by atomic mass is 127. The highest BCUT2D eigenvalue weighted by Gasteiger charge is 2.30. The van der Waals surface area contributed by atoms with Gasteiger partial charge < -0.3 is 15.4 Å². The van der Waals surface area contributed by atoms with Gasteiger partial charge >= 0.3 is 5.97 Å². The molecule has 0 bridgehead atoms. The van der Waals surface area contributed by atoms with E-state index in [1.54, 1.807) is 36.4 Å². The predicted molar refractivity (Wildman–Crippen MR) is 128 cm³/mol. The van der Waals surface area contributed by atoms with Crippen molar-refractivity contribution in [2.75, 3.05) is 20.2 Å². The highest BCUT2D eigenvalue weighted by molar-refractivity contribution is 14.1. The lowest BCUT2D eigenvalue weighted by Crippen LogP contribution is -2.45. The van der Waals surface area contributed by atoms with E-state index in [-0.39, 0.29) is 36.1 Å². The van der Waals surface area contributed by atoms with Crippen LogP contribution in [-0.4, -0.2) is 52.2 Å². The van der Waals surface area contributed by atoms with Crippen molar-refractivity contribution in [2.45, 2.75) is 17.2 Å². The fraction of sp³-hybridized carbons (Fsp3) is 0.238. The van der Waals surface area contributed by atoms with Crippen LogP contribution in [0.1, 0.15) is 17.9 Å². The number of esters is 1. The van der Waals surface area contributed by atoms with Crippen molar-refractivity contribution in [1.29, 1.82) is 0 Å². The molecule has 0 saturated carbocycles. The van der Waals surface area contributed by atoms with Crippen molar-refractivity contribution >= 4 is 61.9 Å². The smallest absolute Gasteiger partial charge is 0.315 e. The minimum atomic E-state index is -3.96. The number of benzene rings is 2. The number of carbonyl (C=O) groups excluding carboxylic acids is 3. The number of nitrogens with one attached hydrogen (secondary N) is 3. The molecule has 0 aliphatic carbocycles. The molecule has 174 valence electrons. The van der Waals surface area contributed by atoms with E-state index >= 15 is 0 Å². The van der Waals surface area contributed by atoms with Crippen molar-refractivity contribution in [3.8, 4) is 0 Å². The number of nitrogens with zero attached hydrogens (tertiary/aromatic N) is 1. The number of sulfonamides is 1. The van der Waals surface area contributed by atoms with Crippen LogP contribution >= 0.6 is 22.6 Å². The van der Waals surface area contributed by atoms with E-state index in [0.29, 0.717) is 9.13 Å². The third-order valence-electron chi connectivity index (χ3n) is 4.70.